The summed E-state index contributed by atoms with van der Waals surface area (Å²) in [5.74, 6) is 1.63. The second-order valence-corrected chi connectivity index (χ2v) is 4.48. The number of nitrogens with zero attached hydrogens (tertiary/aromatic N) is 2. The zero-order chi connectivity index (χ0) is 14.5. The number of methoxy groups -OCH3 is 1. The SMILES string of the molecule is CCn1ccnc1COc1c(Cl)cc(C=O)cc1OC. The summed E-state index contributed by atoms with van der Waals surface area (Å²) < 4.78 is 12.9. The second kappa shape index (κ2) is 6.43. The molecule has 0 saturated carbocycles. The molecule has 106 valence electrons. The highest BCUT2D eigenvalue weighted by Crippen LogP contribution is 2.36. The Morgan fingerprint density at radius 3 is 2.90 bits per heavy atom. The Kier molecular flexibility index (Phi) is 4.63. The van der Waals surface area contributed by atoms with E-state index >= 15 is 0 Å². The second-order valence-electron chi connectivity index (χ2n) is 4.07. The first-order valence-electron chi connectivity index (χ1n) is 6.15. The first-order valence-corrected chi connectivity index (χ1v) is 6.53. The third kappa shape index (κ3) is 2.93. The van der Waals surface area contributed by atoms with Gasteiger partial charge in [0.15, 0.2) is 11.5 Å². The third-order valence-corrected chi connectivity index (χ3v) is 3.16. The minimum absolute atomic E-state index is 0.275. The van der Waals surface area contributed by atoms with Crippen molar-refractivity contribution in [1.29, 1.82) is 0 Å². The summed E-state index contributed by atoms with van der Waals surface area (Å²) >= 11 is 6.11. The van der Waals surface area contributed by atoms with Crippen LogP contribution in [0.2, 0.25) is 5.02 Å². The van der Waals surface area contributed by atoms with E-state index in [-0.39, 0.29) is 6.61 Å². The molecule has 0 unspecified atom stereocenters. The van der Waals surface area contributed by atoms with Crippen molar-refractivity contribution in [3.05, 3.63) is 40.9 Å². The van der Waals surface area contributed by atoms with E-state index in [0.717, 1.165) is 12.4 Å². The van der Waals surface area contributed by atoms with Crippen LogP contribution in [0.5, 0.6) is 11.5 Å². The van der Waals surface area contributed by atoms with Crippen molar-refractivity contribution in [3.8, 4) is 11.5 Å². The van der Waals surface area contributed by atoms with Gasteiger partial charge in [-0.25, -0.2) is 4.98 Å². The number of halogens is 1. The molecule has 20 heavy (non-hydrogen) atoms. The highest BCUT2D eigenvalue weighted by Gasteiger charge is 2.13. The molecule has 2 rings (SSSR count). The molecular weight excluding hydrogens is 280 g/mol. The average molecular weight is 295 g/mol. The van der Waals surface area contributed by atoms with E-state index in [1.807, 2.05) is 17.7 Å². The van der Waals surface area contributed by atoms with Crippen LogP contribution in [0.25, 0.3) is 0 Å². The summed E-state index contributed by atoms with van der Waals surface area (Å²) in [5, 5.41) is 0.334. The van der Waals surface area contributed by atoms with E-state index in [2.05, 4.69) is 4.98 Å². The number of imidazole rings is 1. The van der Waals surface area contributed by atoms with Gasteiger partial charge in [-0.2, -0.15) is 0 Å². The largest absolute Gasteiger partial charge is 0.493 e. The molecule has 1 heterocycles. The van der Waals surface area contributed by atoms with E-state index in [9.17, 15) is 4.79 Å². The normalized spacial score (nSPS) is 10.3. The Labute approximate surface area is 122 Å². The number of benzene rings is 1. The van der Waals surface area contributed by atoms with Crippen LogP contribution in [0.4, 0.5) is 0 Å². The van der Waals surface area contributed by atoms with E-state index < -0.39 is 0 Å². The van der Waals surface area contributed by atoms with Crippen molar-refractivity contribution in [2.45, 2.75) is 20.1 Å². The van der Waals surface area contributed by atoms with Gasteiger partial charge in [0.1, 0.15) is 18.7 Å². The molecule has 0 fully saturated rings. The number of aldehydes is 1. The molecule has 0 N–H and O–H groups in total. The van der Waals surface area contributed by atoms with E-state index in [1.54, 1.807) is 18.3 Å². The molecular formula is C14H15ClN2O3. The Balaban J connectivity index is 2.23. The van der Waals surface area contributed by atoms with Crippen LogP contribution >= 0.6 is 11.6 Å². The number of carbonyl (C=O) groups excluding carboxylic acids is 1. The van der Waals surface area contributed by atoms with Crippen molar-refractivity contribution < 1.29 is 14.3 Å². The molecule has 1 aromatic heterocycles. The van der Waals surface area contributed by atoms with Gasteiger partial charge in [0.05, 0.1) is 12.1 Å². The number of rotatable bonds is 6. The van der Waals surface area contributed by atoms with Crippen molar-refractivity contribution in [3.63, 3.8) is 0 Å². The average Bonchev–Trinajstić information content (AvgIpc) is 2.92. The molecule has 5 nitrogen and oxygen atoms in total. The molecule has 2 aromatic rings. The Bertz CT molecular complexity index is 610. The summed E-state index contributed by atoms with van der Waals surface area (Å²) in [4.78, 5) is 15.0. The maximum atomic E-state index is 10.8. The van der Waals surface area contributed by atoms with Gasteiger partial charge in [-0.1, -0.05) is 11.6 Å². The van der Waals surface area contributed by atoms with Crippen LogP contribution < -0.4 is 9.47 Å². The van der Waals surface area contributed by atoms with Gasteiger partial charge in [0.25, 0.3) is 0 Å². The number of hydrogen-bond acceptors (Lipinski definition) is 4. The maximum absolute atomic E-state index is 10.8. The lowest BCUT2D eigenvalue weighted by atomic mass is 10.2. The predicted octanol–water partition coefficient (Wildman–Crippen LogP) is 2.96. The van der Waals surface area contributed by atoms with E-state index in [4.69, 9.17) is 21.1 Å². The Hall–Kier alpha value is -2.01. The quantitative estimate of drug-likeness (QED) is 0.769. The smallest absolute Gasteiger partial charge is 0.180 e. The first-order chi connectivity index (χ1) is 9.69. The third-order valence-electron chi connectivity index (χ3n) is 2.88. The van der Waals surface area contributed by atoms with Crippen molar-refractivity contribution in [2.75, 3.05) is 7.11 Å². The number of carbonyl (C=O) groups is 1. The zero-order valence-corrected chi connectivity index (χ0v) is 12.1. The van der Waals surface area contributed by atoms with Gasteiger partial charge < -0.3 is 14.0 Å². The summed E-state index contributed by atoms with van der Waals surface area (Å²) in [6.45, 7) is 3.11. The topological polar surface area (TPSA) is 53.4 Å². The molecule has 0 saturated heterocycles. The van der Waals surface area contributed by atoms with E-state index in [0.29, 0.717) is 28.4 Å². The minimum Gasteiger partial charge on any atom is -0.493 e. The van der Waals surface area contributed by atoms with Gasteiger partial charge in [-0.3, -0.25) is 4.79 Å². The van der Waals surface area contributed by atoms with Crippen LogP contribution in [0.1, 0.15) is 23.1 Å². The van der Waals surface area contributed by atoms with Gasteiger partial charge in [0.2, 0.25) is 0 Å². The predicted molar refractivity (Wildman–Crippen MR) is 75.6 cm³/mol. The van der Waals surface area contributed by atoms with Crippen LogP contribution in [-0.2, 0) is 13.2 Å². The minimum atomic E-state index is 0.275. The fraction of sp³-hybridized carbons (Fsp3) is 0.286. The summed E-state index contributed by atoms with van der Waals surface area (Å²) in [7, 11) is 1.50. The summed E-state index contributed by atoms with van der Waals surface area (Å²) in [6, 6.07) is 3.12. The molecule has 0 bridgehead atoms. The fourth-order valence-electron chi connectivity index (χ4n) is 1.85. The van der Waals surface area contributed by atoms with Crippen LogP contribution in [0.15, 0.2) is 24.5 Å². The number of aromatic nitrogens is 2. The van der Waals surface area contributed by atoms with Crippen LogP contribution in [-0.4, -0.2) is 22.9 Å². The lowest BCUT2D eigenvalue weighted by Gasteiger charge is -2.13. The first kappa shape index (κ1) is 14.4. The molecule has 0 spiro atoms. The van der Waals surface area contributed by atoms with Crippen molar-refractivity contribution in [2.24, 2.45) is 0 Å². The highest BCUT2D eigenvalue weighted by atomic mass is 35.5. The van der Waals surface area contributed by atoms with Crippen molar-refractivity contribution in [1.82, 2.24) is 9.55 Å². The highest BCUT2D eigenvalue weighted by molar-refractivity contribution is 6.32. The molecule has 6 heteroatoms. The molecule has 0 amide bonds. The number of aryl methyl sites for hydroxylation is 1. The van der Waals surface area contributed by atoms with Crippen molar-refractivity contribution >= 4 is 17.9 Å². The molecule has 0 radical (unpaired) electrons. The monoisotopic (exact) mass is 294 g/mol. The fourth-order valence-corrected chi connectivity index (χ4v) is 2.13. The number of ether oxygens (including phenoxy) is 2. The molecule has 0 aliphatic heterocycles. The molecule has 0 aliphatic rings. The Morgan fingerprint density at radius 1 is 1.45 bits per heavy atom. The van der Waals surface area contributed by atoms with Gasteiger partial charge in [-0.05, 0) is 19.1 Å². The Morgan fingerprint density at radius 2 is 2.25 bits per heavy atom. The molecule has 0 atom stereocenters. The lowest BCUT2D eigenvalue weighted by Crippen LogP contribution is -2.06. The number of hydrogen-bond donors (Lipinski definition) is 0. The van der Waals surface area contributed by atoms with Gasteiger partial charge >= 0.3 is 0 Å². The molecule has 0 aliphatic carbocycles. The van der Waals surface area contributed by atoms with Gasteiger partial charge in [0, 0.05) is 24.5 Å². The van der Waals surface area contributed by atoms with Crippen LogP contribution in [0.3, 0.4) is 0 Å². The van der Waals surface area contributed by atoms with E-state index in [1.165, 1.54) is 7.11 Å². The van der Waals surface area contributed by atoms with Gasteiger partial charge in [-0.15, -0.1) is 0 Å². The standard InChI is InChI=1S/C14H15ClN2O3/c1-3-17-5-4-16-13(17)9-20-14-11(15)6-10(8-18)7-12(14)19-2/h4-8H,3,9H2,1-2H3. The summed E-state index contributed by atoms with van der Waals surface area (Å²) in [5.41, 5.74) is 0.439. The zero-order valence-electron chi connectivity index (χ0n) is 11.3. The maximum Gasteiger partial charge on any atom is 0.180 e. The summed E-state index contributed by atoms with van der Waals surface area (Å²) in [6.07, 6.45) is 4.31. The van der Waals surface area contributed by atoms with Crippen LogP contribution in [0, 0.1) is 0 Å². The molecule has 1 aromatic carbocycles. The lowest BCUT2D eigenvalue weighted by molar-refractivity contribution is 0.112.